The number of anilines is 1. The van der Waals surface area contributed by atoms with Crippen molar-refractivity contribution in [1.82, 2.24) is 5.32 Å². The second-order valence-electron chi connectivity index (χ2n) is 5.25. The number of para-hydroxylation sites is 1. The quantitative estimate of drug-likeness (QED) is 0.895. The summed E-state index contributed by atoms with van der Waals surface area (Å²) in [5.74, 6) is 0.557. The lowest BCUT2D eigenvalue weighted by atomic mass is 10.1. The Balaban J connectivity index is 1.50. The van der Waals surface area contributed by atoms with E-state index in [4.69, 9.17) is 0 Å². The zero-order valence-electron chi connectivity index (χ0n) is 11.6. The molecule has 2 heterocycles. The van der Waals surface area contributed by atoms with E-state index < -0.39 is 0 Å². The Morgan fingerprint density at radius 1 is 1.29 bits per heavy atom. The molecular weight excluding hydrogens is 348 g/mol. The molecule has 2 aromatic rings. The van der Waals surface area contributed by atoms with E-state index in [-0.39, 0.29) is 5.91 Å². The van der Waals surface area contributed by atoms with E-state index in [9.17, 15) is 4.79 Å². The second-order valence-corrected chi connectivity index (χ2v) is 7.71. The van der Waals surface area contributed by atoms with Crippen LogP contribution in [0.25, 0.3) is 0 Å². The van der Waals surface area contributed by atoms with Crippen molar-refractivity contribution in [2.24, 2.45) is 5.92 Å². The van der Waals surface area contributed by atoms with Crippen LogP contribution in [0.15, 0.2) is 46.3 Å². The Kier molecular flexibility index (Phi) is 4.60. The zero-order valence-corrected chi connectivity index (χ0v) is 14.0. The average Bonchev–Trinajstić information content (AvgIpc) is 3.15. The van der Waals surface area contributed by atoms with Gasteiger partial charge in [-0.25, -0.2) is 0 Å². The predicted molar refractivity (Wildman–Crippen MR) is 91.1 cm³/mol. The summed E-state index contributed by atoms with van der Waals surface area (Å²) in [6, 6.07) is 14.2. The van der Waals surface area contributed by atoms with E-state index in [1.165, 1.54) is 17.0 Å². The first kappa shape index (κ1) is 14.6. The smallest absolute Gasteiger partial charge is 0.261 e. The standard InChI is InChI=1S/C16H17BrN2OS/c17-15-7-6-14(21-15)16(20)18-10-12-8-9-19(11-12)13-4-2-1-3-5-13/h1-7,12H,8-11H2,(H,18,20)/t12-/m0/s1. The topological polar surface area (TPSA) is 32.3 Å². The van der Waals surface area contributed by atoms with Crippen LogP contribution in [0.2, 0.25) is 0 Å². The van der Waals surface area contributed by atoms with Crippen molar-refractivity contribution in [3.63, 3.8) is 0 Å². The maximum Gasteiger partial charge on any atom is 0.261 e. The van der Waals surface area contributed by atoms with Gasteiger partial charge in [0.1, 0.15) is 0 Å². The molecule has 1 fully saturated rings. The molecule has 1 atom stereocenters. The van der Waals surface area contributed by atoms with Crippen LogP contribution in [0.3, 0.4) is 0 Å². The van der Waals surface area contributed by atoms with Gasteiger partial charge in [-0.3, -0.25) is 4.79 Å². The molecule has 1 N–H and O–H groups in total. The minimum Gasteiger partial charge on any atom is -0.371 e. The molecule has 0 saturated carbocycles. The molecule has 1 aromatic heterocycles. The maximum atomic E-state index is 12.0. The number of hydrogen-bond donors (Lipinski definition) is 1. The normalized spacial score (nSPS) is 18.0. The highest BCUT2D eigenvalue weighted by molar-refractivity contribution is 9.11. The molecule has 1 aliphatic heterocycles. The van der Waals surface area contributed by atoms with Gasteiger partial charge < -0.3 is 10.2 Å². The molecule has 5 heteroatoms. The summed E-state index contributed by atoms with van der Waals surface area (Å²) >= 11 is 4.85. The van der Waals surface area contributed by atoms with E-state index in [0.717, 1.165) is 34.7 Å². The van der Waals surface area contributed by atoms with Crippen LogP contribution in [0.4, 0.5) is 5.69 Å². The summed E-state index contributed by atoms with van der Waals surface area (Å²) < 4.78 is 0.990. The highest BCUT2D eigenvalue weighted by Crippen LogP contribution is 2.24. The first-order valence-corrected chi connectivity index (χ1v) is 8.67. The first-order valence-electron chi connectivity index (χ1n) is 7.06. The summed E-state index contributed by atoms with van der Waals surface area (Å²) in [6.45, 7) is 2.82. The van der Waals surface area contributed by atoms with Crippen molar-refractivity contribution < 1.29 is 4.79 Å². The maximum absolute atomic E-state index is 12.0. The van der Waals surface area contributed by atoms with Crippen molar-refractivity contribution >= 4 is 38.9 Å². The molecule has 3 rings (SSSR count). The monoisotopic (exact) mass is 364 g/mol. The molecule has 0 unspecified atom stereocenters. The van der Waals surface area contributed by atoms with Crippen LogP contribution < -0.4 is 10.2 Å². The summed E-state index contributed by atoms with van der Waals surface area (Å²) in [7, 11) is 0. The van der Waals surface area contributed by atoms with E-state index in [0.29, 0.717) is 5.92 Å². The molecule has 0 spiro atoms. The highest BCUT2D eigenvalue weighted by Gasteiger charge is 2.23. The number of thiophene rings is 1. The Morgan fingerprint density at radius 3 is 2.81 bits per heavy atom. The molecule has 110 valence electrons. The number of carbonyl (C=O) groups is 1. The Bertz CT molecular complexity index is 614. The van der Waals surface area contributed by atoms with Gasteiger partial charge in [-0.2, -0.15) is 0 Å². The number of carbonyl (C=O) groups excluding carboxylic acids is 1. The van der Waals surface area contributed by atoms with E-state index in [1.807, 2.05) is 18.2 Å². The minimum absolute atomic E-state index is 0.0314. The molecule has 1 aromatic carbocycles. The fraction of sp³-hybridized carbons (Fsp3) is 0.312. The predicted octanol–water partition coefficient (Wildman–Crippen LogP) is 3.77. The van der Waals surface area contributed by atoms with Crippen LogP contribution in [-0.4, -0.2) is 25.5 Å². The Morgan fingerprint density at radius 2 is 2.10 bits per heavy atom. The van der Waals surface area contributed by atoms with E-state index in [1.54, 1.807) is 0 Å². The molecule has 0 bridgehead atoms. The lowest BCUT2D eigenvalue weighted by molar-refractivity contribution is 0.0952. The first-order chi connectivity index (χ1) is 10.2. The van der Waals surface area contributed by atoms with Gasteiger partial charge in [-0.1, -0.05) is 18.2 Å². The number of nitrogens with one attached hydrogen (secondary N) is 1. The average molecular weight is 365 g/mol. The zero-order chi connectivity index (χ0) is 14.7. The number of nitrogens with zero attached hydrogens (tertiary/aromatic N) is 1. The summed E-state index contributed by atoms with van der Waals surface area (Å²) in [6.07, 6.45) is 1.13. The Hall–Kier alpha value is -1.33. The van der Waals surface area contributed by atoms with Gasteiger partial charge >= 0.3 is 0 Å². The summed E-state index contributed by atoms with van der Waals surface area (Å²) in [5, 5.41) is 3.05. The van der Waals surface area contributed by atoms with Crippen LogP contribution in [0.1, 0.15) is 16.1 Å². The third kappa shape index (κ3) is 3.66. The van der Waals surface area contributed by atoms with E-state index >= 15 is 0 Å². The molecule has 1 aliphatic rings. The van der Waals surface area contributed by atoms with Crippen molar-refractivity contribution in [2.45, 2.75) is 6.42 Å². The lowest BCUT2D eigenvalue weighted by Gasteiger charge is -2.18. The Labute approximate surface area is 137 Å². The fourth-order valence-electron chi connectivity index (χ4n) is 2.63. The van der Waals surface area contributed by atoms with Gasteiger partial charge in [-0.05, 0) is 52.5 Å². The number of benzene rings is 1. The summed E-state index contributed by atoms with van der Waals surface area (Å²) in [4.78, 5) is 15.2. The molecule has 1 saturated heterocycles. The number of hydrogen-bond acceptors (Lipinski definition) is 3. The molecule has 0 radical (unpaired) electrons. The third-order valence-electron chi connectivity index (χ3n) is 3.76. The molecule has 3 nitrogen and oxygen atoms in total. The summed E-state index contributed by atoms with van der Waals surface area (Å²) in [5.41, 5.74) is 1.27. The lowest BCUT2D eigenvalue weighted by Crippen LogP contribution is -2.30. The van der Waals surface area contributed by atoms with Gasteiger partial charge in [0.2, 0.25) is 0 Å². The van der Waals surface area contributed by atoms with Crippen molar-refractivity contribution in [2.75, 3.05) is 24.5 Å². The SMILES string of the molecule is O=C(NC[C@@H]1CCN(c2ccccc2)C1)c1ccc(Br)s1. The number of amides is 1. The van der Waals surface area contributed by atoms with Crippen molar-refractivity contribution in [3.05, 3.63) is 51.1 Å². The largest absolute Gasteiger partial charge is 0.371 e. The fourth-order valence-corrected chi connectivity index (χ4v) is 3.94. The van der Waals surface area contributed by atoms with Gasteiger partial charge in [0.05, 0.1) is 8.66 Å². The molecule has 21 heavy (non-hydrogen) atoms. The van der Waals surface area contributed by atoms with Gasteiger partial charge in [-0.15, -0.1) is 11.3 Å². The van der Waals surface area contributed by atoms with E-state index in [2.05, 4.69) is 50.4 Å². The third-order valence-corrected chi connectivity index (χ3v) is 5.38. The van der Waals surface area contributed by atoms with Crippen molar-refractivity contribution in [3.8, 4) is 0 Å². The van der Waals surface area contributed by atoms with Crippen LogP contribution in [0.5, 0.6) is 0 Å². The van der Waals surface area contributed by atoms with Crippen LogP contribution >= 0.6 is 27.3 Å². The highest BCUT2D eigenvalue weighted by atomic mass is 79.9. The van der Waals surface area contributed by atoms with Crippen LogP contribution in [-0.2, 0) is 0 Å². The van der Waals surface area contributed by atoms with Gasteiger partial charge in [0.15, 0.2) is 0 Å². The second kappa shape index (κ2) is 6.62. The molecular formula is C16H17BrN2OS. The number of halogens is 1. The molecule has 0 aliphatic carbocycles. The van der Waals surface area contributed by atoms with Gasteiger partial charge in [0.25, 0.3) is 5.91 Å². The van der Waals surface area contributed by atoms with Crippen LogP contribution in [0, 0.1) is 5.92 Å². The minimum atomic E-state index is 0.0314. The van der Waals surface area contributed by atoms with Crippen molar-refractivity contribution in [1.29, 1.82) is 0 Å². The van der Waals surface area contributed by atoms with Gasteiger partial charge in [0, 0.05) is 25.3 Å². The number of rotatable bonds is 4. The molecule has 1 amide bonds.